The van der Waals surface area contributed by atoms with Crippen LogP contribution in [0, 0.1) is 0 Å². The van der Waals surface area contributed by atoms with Gasteiger partial charge in [-0.15, -0.1) is 0 Å². The Morgan fingerprint density at radius 2 is 1.36 bits per heavy atom. The zero-order valence-corrected chi connectivity index (χ0v) is 7.70. The van der Waals surface area contributed by atoms with Crippen molar-refractivity contribution in [3.63, 3.8) is 0 Å². The molecule has 1 aromatic carbocycles. The SMILES string of the molecule is OP(O)(O)(c1ccccc1)C(F)(F)F. The fourth-order valence-electron chi connectivity index (χ4n) is 0.849. The summed E-state index contributed by atoms with van der Waals surface area (Å²) in [6.07, 6.45) is 0. The van der Waals surface area contributed by atoms with Crippen LogP contribution in [-0.2, 0) is 0 Å². The number of hydrogen-bond acceptors (Lipinski definition) is 3. The van der Waals surface area contributed by atoms with Crippen LogP contribution in [0.3, 0.4) is 0 Å². The maximum atomic E-state index is 12.2. The van der Waals surface area contributed by atoms with E-state index in [1.807, 2.05) is 0 Å². The number of benzene rings is 1. The predicted octanol–water partition coefficient (Wildman–Crippen LogP) is 1.11. The summed E-state index contributed by atoms with van der Waals surface area (Å²) in [4.78, 5) is 26.7. The molecule has 3 nitrogen and oxygen atoms in total. The van der Waals surface area contributed by atoms with Gasteiger partial charge >= 0.3 is 76.7 Å². The molecule has 0 atom stereocenters. The predicted molar refractivity (Wildman–Crippen MR) is 45.7 cm³/mol. The van der Waals surface area contributed by atoms with Gasteiger partial charge in [0.1, 0.15) is 0 Å². The van der Waals surface area contributed by atoms with Gasteiger partial charge in [-0.1, -0.05) is 0 Å². The molecule has 0 saturated carbocycles. The van der Waals surface area contributed by atoms with Crippen molar-refractivity contribution in [2.24, 2.45) is 0 Å². The molecule has 0 aromatic heterocycles. The van der Waals surface area contributed by atoms with Crippen LogP contribution in [0.2, 0.25) is 0 Å². The summed E-state index contributed by atoms with van der Waals surface area (Å²) in [6.45, 7) is 0. The molecule has 0 heterocycles. The van der Waals surface area contributed by atoms with Crippen molar-refractivity contribution in [3.8, 4) is 0 Å². The zero-order valence-electron chi connectivity index (χ0n) is 6.81. The third-order valence-corrected chi connectivity index (χ3v) is 3.88. The van der Waals surface area contributed by atoms with Crippen molar-refractivity contribution in [2.75, 3.05) is 0 Å². The summed E-state index contributed by atoms with van der Waals surface area (Å²) in [6, 6.07) is 5.36. The van der Waals surface area contributed by atoms with E-state index in [1.165, 1.54) is 18.2 Å². The Balaban J connectivity index is 3.32. The van der Waals surface area contributed by atoms with Gasteiger partial charge in [0.2, 0.25) is 0 Å². The van der Waals surface area contributed by atoms with E-state index in [-0.39, 0.29) is 0 Å². The second-order valence-electron chi connectivity index (χ2n) is 2.78. The summed E-state index contributed by atoms with van der Waals surface area (Å²) < 4.78 is 36.6. The van der Waals surface area contributed by atoms with Crippen molar-refractivity contribution in [2.45, 2.75) is 5.92 Å². The Labute approximate surface area is 77.6 Å². The molecule has 0 aliphatic heterocycles. The molecule has 0 unspecified atom stereocenters. The molecule has 0 amide bonds. The topological polar surface area (TPSA) is 60.7 Å². The number of rotatable bonds is 1. The molecule has 0 fully saturated rings. The molecule has 80 valence electrons. The molecule has 0 spiro atoms. The van der Waals surface area contributed by atoms with E-state index in [1.54, 1.807) is 0 Å². The zero-order chi connectivity index (χ0) is 11.1. The first-order valence-corrected chi connectivity index (χ1v) is 5.62. The summed E-state index contributed by atoms with van der Waals surface area (Å²) in [5, 5.41) is -0.925. The molecular weight excluding hydrogens is 220 g/mol. The first-order valence-electron chi connectivity index (χ1n) is 3.52. The molecule has 0 aliphatic rings. The van der Waals surface area contributed by atoms with Gasteiger partial charge in [-0.05, 0) is 0 Å². The average Bonchev–Trinajstić information content (AvgIpc) is 2.03. The molecular formula is C7H8F3O3P. The number of alkyl halides is 3. The van der Waals surface area contributed by atoms with Gasteiger partial charge in [-0.2, -0.15) is 0 Å². The molecule has 7 heteroatoms. The molecule has 0 aliphatic carbocycles. The summed E-state index contributed by atoms with van der Waals surface area (Å²) >= 11 is 0. The standard InChI is InChI=1S/C7H8F3O3P/c8-7(9,10)14(11,12,13)6-4-2-1-3-5-6/h1-5,11-13H. The normalized spacial score (nSPS) is 16.0. The molecule has 1 rings (SSSR count). The van der Waals surface area contributed by atoms with E-state index >= 15 is 0 Å². The molecule has 0 saturated heterocycles. The minimum absolute atomic E-state index is 0.811. The molecule has 14 heavy (non-hydrogen) atoms. The van der Waals surface area contributed by atoms with Crippen molar-refractivity contribution >= 4 is 12.6 Å². The minimum atomic E-state index is -6.76. The number of halogens is 3. The van der Waals surface area contributed by atoms with E-state index in [4.69, 9.17) is 14.7 Å². The van der Waals surface area contributed by atoms with Gasteiger partial charge in [-0.3, -0.25) is 0 Å². The van der Waals surface area contributed by atoms with Crippen LogP contribution in [-0.4, -0.2) is 20.6 Å². The van der Waals surface area contributed by atoms with E-state index in [2.05, 4.69) is 0 Å². The summed E-state index contributed by atoms with van der Waals surface area (Å²) in [5.41, 5.74) is 0. The van der Waals surface area contributed by atoms with Gasteiger partial charge < -0.3 is 0 Å². The van der Waals surface area contributed by atoms with Crippen LogP contribution in [0.15, 0.2) is 30.3 Å². The van der Waals surface area contributed by atoms with Crippen molar-refractivity contribution in [1.82, 2.24) is 0 Å². The van der Waals surface area contributed by atoms with Crippen LogP contribution in [0.25, 0.3) is 0 Å². The van der Waals surface area contributed by atoms with Crippen molar-refractivity contribution in [3.05, 3.63) is 30.3 Å². The van der Waals surface area contributed by atoms with Crippen LogP contribution in [0.4, 0.5) is 13.2 Å². The Morgan fingerprint density at radius 1 is 0.929 bits per heavy atom. The molecule has 0 bridgehead atoms. The molecule has 3 N–H and O–H groups in total. The first-order chi connectivity index (χ1) is 6.14. The van der Waals surface area contributed by atoms with Gasteiger partial charge in [0.25, 0.3) is 0 Å². The van der Waals surface area contributed by atoms with Crippen LogP contribution in [0.5, 0.6) is 0 Å². The van der Waals surface area contributed by atoms with Crippen molar-refractivity contribution in [1.29, 1.82) is 0 Å². The summed E-state index contributed by atoms with van der Waals surface area (Å²) in [5.74, 6) is -5.47. The van der Waals surface area contributed by atoms with Gasteiger partial charge in [0.05, 0.1) is 0 Å². The van der Waals surface area contributed by atoms with Gasteiger partial charge in [0, 0.05) is 0 Å². The van der Waals surface area contributed by atoms with Crippen LogP contribution < -0.4 is 5.30 Å². The number of hydrogen-bond donors (Lipinski definition) is 3. The third-order valence-electron chi connectivity index (χ3n) is 1.70. The van der Waals surface area contributed by atoms with Crippen LogP contribution in [0.1, 0.15) is 0 Å². The second-order valence-corrected chi connectivity index (χ2v) is 5.77. The maximum absolute atomic E-state index is 12.2. The van der Waals surface area contributed by atoms with E-state index in [0.29, 0.717) is 0 Å². The first kappa shape index (κ1) is 11.4. The Bertz CT molecular complexity index is 328. The van der Waals surface area contributed by atoms with Crippen molar-refractivity contribution < 1.29 is 27.9 Å². The van der Waals surface area contributed by atoms with E-state index < -0.39 is 18.5 Å². The van der Waals surface area contributed by atoms with E-state index in [0.717, 1.165) is 12.1 Å². The average molecular weight is 228 g/mol. The van der Waals surface area contributed by atoms with E-state index in [9.17, 15) is 13.2 Å². The Kier molecular flexibility index (Phi) is 2.36. The molecule has 0 radical (unpaired) electrons. The quantitative estimate of drug-likeness (QED) is 0.631. The second kappa shape index (κ2) is 2.90. The van der Waals surface area contributed by atoms with Gasteiger partial charge in [-0.25, -0.2) is 0 Å². The van der Waals surface area contributed by atoms with Gasteiger partial charge in [0.15, 0.2) is 0 Å². The summed E-state index contributed by atoms with van der Waals surface area (Å²) in [7, 11) is -6.76. The monoisotopic (exact) mass is 228 g/mol. The Morgan fingerprint density at radius 3 is 1.71 bits per heavy atom. The fraction of sp³-hybridized carbons (Fsp3) is 0.143. The van der Waals surface area contributed by atoms with Crippen LogP contribution >= 0.6 is 7.28 Å². The third kappa shape index (κ3) is 1.62. The fourth-order valence-corrected chi connectivity index (χ4v) is 1.86. The molecule has 1 aromatic rings. The Hall–Kier alpha value is -0.680.